The summed E-state index contributed by atoms with van der Waals surface area (Å²) in [4.78, 5) is 0. The van der Waals surface area contributed by atoms with E-state index in [0.717, 1.165) is 4.47 Å². The zero-order valence-corrected chi connectivity index (χ0v) is 10.8. The van der Waals surface area contributed by atoms with Crippen molar-refractivity contribution in [3.63, 3.8) is 0 Å². The van der Waals surface area contributed by atoms with E-state index in [2.05, 4.69) is 15.9 Å². The van der Waals surface area contributed by atoms with Gasteiger partial charge in [-0.1, -0.05) is 33.6 Å². The number of aliphatic hydroxyl groups is 1. The number of benzene rings is 1. The molecule has 1 aromatic carbocycles. The summed E-state index contributed by atoms with van der Waals surface area (Å²) < 4.78 is 6.17. The normalized spacial score (nSPS) is 12.1. The second-order valence-electron chi connectivity index (χ2n) is 3.12. The third kappa shape index (κ3) is 3.76. The number of ether oxygens (including phenoxy) is 1. The van der Waals surface area contributed by atoms with Crippen molar-refractivity contribution in [2.24, 2.45) is 0 Å². The van der Waals surface area contributed by atoms with Crippen LogP contribution in [0.3, 0.4) is 0 Å². The highest BCUT2D eigenvalue weighted by Crippen LogP contribution is 2.28. The second-order valence-corrected chi connectivity index (χ2v) is 4.45. The standard InChI is InChI=1S/C11H11BrClNO2/c12-8-2-3-9(10(13)6-8)11(7-14)16-5-1-4-15/h2-3,6,11,15H,1,4-5H2. The quantitative estimate of drug-likeness (QED) is 0.851. The Bertz CT molecular complexity index is 392. The van der Waals surface area contributed by atoms with Crippen molar-refractivity contribution in [3.05, 3.63) is 33.3 Å². The van der Waals surface area contributed by atoms with Gasteiger partial charge in [-0.15, -0.1) is 0 Å². The average molecular weight is 305 g/mol. The fourth-order valence-corrected chi connectivity index (χ4v) is 1.95. The summed E-state index contributed by atoms with van der Waals surface area (Å²) in [6.07, 6.45) is -0.182. The number of nitriles is 1. The average Bonchev–Trinajstić information content (AvgIpc) is 2.26. The number of rotatable bonds is 5. The molecule has 1 N–H and O–H groups in total. The van der Waals surface area contributed by atoms with Crippen LogP contribution < -0.4 is 0 Å². The summed E-state index contributed by atoms with van der Waals surface area (Å²) in [7, 11) is 0. The first-order valence-corrected chi connectivity index (χ1v) is 5.93. The van der Waals surface area contributed by atoms with Crippen LogP contribution in [-0.2, 0) is 4.74 Å². The first-order valence-electron chi connectivity index (χ1n) is 4.76. The molecule has 16 heavy (non-hydrogen) atoms. The first kappa shape index (κ1) is 13.5. The van der Waals surface area contributed by atoms with E-state index in [-0.39, 0.29) is 6.61 Å². The lowest BCUT2D eigenvalue weighted by Gasteiger charge is -2.12. The zero-order chi connectivity index (χ0) is 12.0. The van der Waals surface area contributed by atoms with Gasteiger partial charge < -0.3 is 9.84 Å². The molecule has 0 aliphatic carbocycles. The molecule has 5 heteroatoms. The maximum absolute atomic E-state index is 8.96. The monoisotopic (exact) mass is 303 g/mol. The molecule has 1 aromatic rings. The summed E-state index contributed by atoms with van der Waals surface area (Å²) in [5, 5.41) is 18.1. The highest BCUT2D eigenvalue weighted by Gasteiger charge is 2.14. The van der Waals surface area contributed by atoms with Crippen LogP contribution in [0, 0.1) is 11.3 Å². The highest BCUT2D eigenvalue weighted by molar-refractivity contribution is 9.10. The van der Waals surface area contributed by atoms with Crippen LogP contribution in [0.1, 0.15) is 18.1 Å². The van der Waals surface area contributed by atoms with Crippen molar-refractivity contribution in [3.8, 4) is 6.07 Å². The first-order chi connectivity index (χ1) is 7.69. The third-order valence-corrected chi connectivity index (χ3v) is 2.77. The number of halogens is 2. The molecule has 0 saturated heterocycles. The Hall–Kier alpha value is -0.600. The summed E-state index contributed by atoms with van der Waals surface area (Å²) in [6.45, 7) is 0.382. The molecular formula is C11H11BrClNO2. The van der Waals surface area contributed by atoms with Crippen LogP contribution in [0.15, 0.2) is 22.7 Å². The summed E-state index contributed by atoms with van der Waals surface area (Å²) in [5.74, 6) is 0. The van der Waals surface area contributed by atoms with Crippen molar-refractivity contribution in [2.75, 3.05) is 13.2 Å². The molecule has 0 bridgehead atoms. The number of aliphatic hydroxyl groups excluding tert-OH is 1. The van der Waals surface area contributed by atoms with E-state index < -0.39 is 6.10 Å². The Labute approximate surface area is 108 Å². The Kier molecular flexibility index (Phi) is 5.78. The predicted molar refractivity (Wildman–Crippen MR) is 65.2 cm³/mol. The molecule has 86 valence electrons. The topological polar surface area (TPSA) is 53.2 Å². The summed E-state index contributed by atoms with van der Waals surface area (Å²) >= 11 is 9.30. The molecule has 0 fully saturated rings. The van der Waals surface area contributed by atoms with Gasteiger partial charge in [0.25, 0.3) is 0 Å². The van der Waals surface area contributed by atoms with Gasteiger partial charge in [0.05, 0.1) is 12.7 Å². The zero-order valence-electron chi connectivity index (χ0n) is 8.49. The summed E-state index contributed by atoms with van der Waals surface area (Å²) in [6, 6.07) is 7.31. The molecule has 0 amide bonds. The lowest BCUT2D eigenvalue weighted by Crippen LogP contribution is -2.05. The fraction of sp³-hybridized carbons (Fsp3) is 0.364. The van der Waals surface area contributed by atoms with Crippen LogP contribution in [0.25, 0.3) is 0 Å². The Morgan fingerprint density at radius 3 is 2.88 bits per heavy atom. The van der Waals surface area contributed by atoms with E-state index in [1.165, 1.54) is 0 Å². The SMILES string of the molecule is N#CC(OCCCO)c1ccc(Br)cc1Cl. The van der Waals surface area contributed by atoms with Crippen LogP contribution in [0.2, 0.25) is 5.02 Å². The molecule has 0 saturated carbocycles. The van der Waals surface area contributed by atoms with Gasteiger partial charge in [0.2, 0.25) is 0 Å². The molecule has 1 unspecified atom stereocenters. The van der Waals surface area contributed by atoms with Gasteiger partial charge in [-0.2, -0.15) is 5.26 Å². The van der Waals surface area contributed by atoms with Crippen LogP contribution in [-0.4, -0.2) is 18.3 Å². The van der Waals surface area contributed by atoms with Crippen LogP contribution in [0.4, 0.5) is 0 Å². The van der Waals surface area contributed by atoms with E-state index in [9.17, 15) is 0 Å². The molecule has 0 heterocycles. The molecule has 0 radical (unpaired) electrons. The van der Waals surface area contributed by atoms with Gasteiger partial charge in [-0.3, -0.25) is 0 Å². The molecule has 0 spiro atoms. The van der Waals surface area contributed by atoms with Gasteiger partial charge in [-0.25, -0.2) is 0 Å². The van der Waals surface area contributed by atoms with Crippen molar-refractivity contribution in [2.45, 2.75) is 12.5 Å². The lowest BCUT2D eigenvalue weighted by atomic mass is 10.1. The molecule has 3 nitrogen and oxygen atoms in total. The van der Waals surface area contributed by atoms with E-state index >= 15 is 0 Å². The third-order valence-electron chi connectivity index (χ3n) is 1.95. The minimum absolute atomic E-state index is 0.0478. The van der Waals surface area contributed by atoms with Crippen molar-refractivity contribution in [1.29, 1.82) is 5.26 Å². The summed E-state index contributed by atoms with van der Waals surface area (Å²) in [5.41, 5.74) is 0.644. The molecule has 1 atom stereocenters. The Morgan fingerprint density at radius 2 is 2.31 bits per heavy atom. The van der Waals surface area contributed by atoms with Crippen molar-refractivity contribution >= 4 is 27.5 Å². The largest absolute Gasteiger partial charge is 0.396 e. The maximum Gasteiger partial charge on any atom is 0.170 e. The van der Waals surface area contributed by atoms with Gasteiger partial charge in [-0.05, 0) is 18.6 Å². The molecule has 0 aliphatic rings. The molecule has 1 rings (SSSR count). The number of hydrogen-bond acceptors (Lipinski definition) is 3. The molecular weight excluding hydrogens is 293 g/mol. The van der Waals surface area contributed by atoms with E-state index in [1.807, 2.05) is 6.07 Å². The predicted octanol–water partition coefficient (Wildman–Crippen LogP) is 3.07. The van der Waals surface area contributed by atoms with Crippen molar-refractivity contribution in [1.82, 2.24) is 0 Å². The van der Waals surface area contributed by atoms with Gasteiger partial charge in [0.15, 0.2) is 6.10 Å². The van der Waals surface area contributed by atoms with Gasteiger partial charge >= 0.3 is 0 Å². The smallest absolute Gasteiger partial charge is 0.170 e. The van der Waals surface area contributed by atoms with Gasteiger partial charge in [0.1, 0.15) is 0 Å². The second kappa shape index (κ2) is 6.87. The number of hydrogen-bond donors (Lipinski definition) is 1. The van der Waals surface area contributed by atoms with E-state index in [1.54, 1.807) is 18.2 Å². The van der Waals surface area contributed by atoms with Crippen LogP contribution >= 0.6 is 27.5 Å². The van der Waals surface area contributed by atoms with Gasteiger partial charge in [0, 0.05) is 21.7 Å². The Balaban J connectivity index is 2.76. The fourth-order valence-electron chi connectivity index (χ4n) is 1.18. The minimum Gasteiger partial charge on any atom is -0.396 e. The highest BCUT2D eigenvalue weighted by atomic mass is 79.9. The van der Waals surface area contributed by atoms with E-state index in [4.69, 9.17) is 26.7 Å². The molecule has 0 aliphatic heterocycles. The van der Waals surface area contributed by atoms with E-state index in [0.29, 0.717) is 23.6 Å². The molecule has 0 aromatic heterocycles. The Morgan fingerprint density at radius 1 is 1.56 bits per heavy atom. The van der Waals surface area contributed by atoms with Crippen molar-refractivity contribution < 1.29 is 9.84 Å². The lowest BCUT2D eigenvalue weighted by molar-refractivity contribution is 0.0774. The van der Waals surface area contributed by atoms with Crippen LogP contribution in [0.5, 0.6) is 0 Å². The maximum atomic E-state index is 8.96. The number of nitrogens with zero attached hydrogens (tertiary/aromatic N) is 1. The minimum atomic E-state index is -0.688.